The van der Waals surface area contributed by atoms with E-state index >= 15 is 0 Å². The first-order valence-electron chi connectivity index (χ1n) is 2.88. The summed E-state index contributed by atoms with van der Waals surface area (Å²) in [6.45, 7) is 0. The van der Waals surface area contributed by atoms with E-state index in [9.17, 15) is 24.3 Å². The van der Waals surface area contributed by atoms with Crippen LogP contribution in [0.1, 0.15) is 6.42 Å². The molecule has 0 aromatic carbocycles. The minimum Gasteiger partial charge on any atom is -0.811 e. The normalized spacial score (nSPS) is 14.5. The number of carbonyl (C=O) groups excluding carboxylic acids is 1. The molecule has 0 saturated carbocycles. The molecule has 11 heavy (non-hydrogen) atoms. The molecule has 1 atom stereocenters. The highest BCUT2D eigenvalue weighted by molar-refractivity contribution is 7.48. The summed E-state index contributed by atoms with van der Waals surface area (Å²) in [5.41, 5.74) is 3.08. The maximum Gasteiger partial charge on any atom is 0.125 e. The van der Waals surface area contributed by atoms with Gasteiger partial charge >= 0.3 is 0 Å². The Bertz CT molecular complexity index is 187. The third-order valence-corrected chi connectivity index (χ3v) is 1.89. The molecular weight excluding hydrogens is 173 g/mol. The lowest BCUT2D eigenvalue weighted by Gasteiger charge is -2.29. The first-order chi connectivity index (χ1) is 4.83. The molecular formula is C4H8NO5P-2. The molecule has 7 heteroatoms. The quantitative estimate of drug-likeness (QED) is 0.438. The van der Waals surface area contributed by atoms with E-state index in [1.54, 1.807) is 0 Å². The van der Waals surface area contributed by atoms with Gasteiger partial charge in [-0.2, -0.15) is 0 Å². The van der Waals surface area contributed by atoms with Gasteiger partial charge in [0.25, 0.3) is 0 Å². The van der Waals surface area contributed by atoms with Crippen molar-refractivity contribution in [1.29, 1.82) is 0 Å². The van der Waals surface area contributed by atoms with Crippen molar-refractivity contribution in [3.63, 3.8) is 0 Å². The van der Waals surface area contributed by atoms with Gasteiger partial charge in [-0.1, -0.05) is 7.60 Å². The van der Waals surface area contributed by atoms with Gasteiger partial charge in [-0.3, -0.25) is 0 Å². The first kappa shape index (κ1) is 10.6. The number of carboxylic acid groups (broad SMARTS) is 1. The van der Waals surface area contributed by atoms with E-state index in [2.05, 4.69) is 5.73 Å². The summed E-state index contributed by atoms with van der Waals surface area (Å²) in [5.74, 6) is -1.45. The van der Waals surface area contributed by atoms with Gasteiger partial charge in [-0.15, -0.1) is 0 Å². The molecule has 0 aromatic rings. The number of carboxylic acids is 1. The smallest absolute Gasteiger partial charge is 0.125 e. The van der Waals surface area contributed by atoms with Crippen LogP contribution in [0.3, 0.4) is 0 Å². The second-order valence-corrected chi connectivity index (χ2v) is 3.81. The van der Waals surface area contributed by atoms with Gasteiger partial charge in [-0.05, 0) is 6.16 Å². The van der Waals surface area contributed by atoms with Crippen LogP contribution < -0.4 is 20.6 Å². The van der Waals surface area contributed by atoms with E-state index in [1.165, 1.54) is 0 Å². The van der Waals surface area contributed by atoms with Crippen molar-refractivity contribution < 1.29 is 30.0 Å². The fourth-order valence-corrected chi connectivity index (χ4v) is 1.06. The van der Waals surface area contributed by atoms with Gasteiger partial charge in [0.2, 0.25) is 0 Å². The van der Waals surface area contributed by atoms with Gasteiger partial charge in [0, 0.05) is 6.42 Å². The van der Waals surface area contributed by atoms with Crippen molar-refractivity contribution >= 4 is 13.6 Å². The Morgan fingerprint density at radius 1 is 1.55 bits per heavy atom. The number of rotatable bonds is 4. The number of hydrogen-bond donors (Lipinski definition) is 1. The third-order valence-electron chi connectivity index (χ3n) is 1.08. The largest absolute Gasteiger partial charge is 0.811 e. The Labute approximate surface area is 63.2 Å². The van der Waals surface area contributed by atoms with E-state index in [0.29, 0.717) is 0 Å². The average molecular weight is 181 g/mol. The van der Waals surface area contributed by atoms with Crippen LogP contribution in [0.15, 0.2) is 0 Å². The Hall–Kier alpha value is -0.420. The molecule has 0 radical (unpaired) electrons. The standard InChI is InChI=1S/C4H10NO5P/c5-3(4(6)7)1-2-11(8,9)10/h3H,1-2,5H2,(H,6,7)(H2,8,9,10)/p-2. The minimum atomic E-state index is -4.59. The summed E-state index contributed by atoms with van der Waals surface area (Å²) < 4.78 is 9.99. The molecule has 1 unspecified atom stereocenters. The molecule has 0 spiro atoms. The molecule has 6 nitrogen and oxygen atoms in total. The summed E-state index contributed by atoms with van der Waals surface area (Å²) in [5, 5.41) is 9.95. The fourth-order valence-electron chi connectivity index (χ4n) is 0.432. The van der Waals surface area contributed by atoms with Gasteiger partial charge in [0.15, 0.2) is 0 Å². The van der Waals surface area contributed by atoms with Crippen molar-refractivity contribution in [3.8, 4) is 0 Å². The second kappa shape index (κ2) is 3.82. The molecule has 0 rings (SSSR count). The SMILES string of the molecule is [NH3+]C(CCP(=O)([O-])[O-])C(=O)[O-]. The lowest BCUT2D eigenvalue weighted by atomic mass is 10.2. The fraction of sp³-hybridized carbons (Fsp3) is 0.750. The molecule has 0 saturated heterocycles. The average Bonchev–Trinajstić information content (AvgIpc) is 1.80. The Balaban J connectivity index is 3.72. The highest BCUT2D eigenvalue weighted by Crippen LogP contribution is 2.23. The van der Waals surface area contributed by atoms with Crippen molar-refractivity contribution in [3.05, 3.63) is 0 Å². The van der Waals surface area contributed by atoms with Crippen LogP contribution in [0.5, 0.6) is 0 Å². The van der Waals surface area contributed by atoms with Crippen LogP contribution in [0, 0.1) is 0 Å². The summed E-state index contributed by atoms with van der Waals surface area (Å²) >= 11 is 0. The maximum absolute atomic E-state index is 9.99. The number of quaternary nitrogens is 1. The summed E-state index contributed by atoms with van der Waals surface area (Å²) in [4.78, 5) is 29.9. The predicted molar refractivity (Wildman–Crippen MR) is 28.8 cm³/mol. The summed E-state index contributed by atoms with van der Waals surface area (Å²) in [6.07, 6.45) is -0.970. The Morgan fingerprint density at radius 3 is 2.27 bits per heavy atom. The van der Waals surface area contributed by atoms with E-state index in [0.717, 1.165) is 0 Å². The van der Waals surface area contributed by atoms with Crippen molar-refractivity contribution in [1.82, 2.24) is 0 Å². The van der Waals surface area contributed by atoms with Crippen LogP contribution in [-0.4, -0.2) is 18.2 Å². The van der Waals surface area contributed by atoms with Gasteiger partial charge in [0.05, 0.1) is 5.97 Å². The Kier molecular flexibility index (Phi) is 3.68. The van der Waals surface area contributed by atoms with Gasteiger partial charge in [0.1, 0.15) is 6.04 Å². The number of carbonyl (C=O) groups is 1. The highest BCUT2D eigenvalue weighted by Gasteiger charge is 2.06. The predicted octanol–water partition coefficient (Wildman–Crippen LogP) is -4.35. The van der Waals surface area contributed by atoms with Crippen molar-refractivity contribution in [2.24, 2.45) is 0 Å². The molecule has 3 N–H and O–H groups in total. The van der Waals surface area contributed by atoms with E-state index < -0.39 is 25.8 Å². The molecule has 0 fully saturated rings. The number of aliphatic carboxylic acids is 1. The zero-order valence-electron chi connectivity index (χ0n) is 5.69. The van der Waals surface area contributed by atoms with E-state index in [-0.39, 0.29) is 6.42 Å². The summed E-state index contributed by atoms with van der Waals surface area (Å²) in [7, 11) is -4.59. The Morgan fingerprint density at radius 2 is 2.00 bits per heavy atom. The molecule has 0 aliphatic carbocycles. The lowest BCUT2D eigenvalue weighted by molar-refractivity contribution is -0.438. The van der Waals surface area contributed by atoms with Gasteiger partial charge < -0.3 is 30.0 Å². The summed E-state index contributed by atoms with van der Waals surface area (Å²) in [6, 6.07) is -1.13. The van der Waals surface area contributed by atoms with E-state index in [1.807, 2.05) is 0 Å². The van der Waals surface area contributed by atoms with Crippen molar-refractivity contribution in [2.75, 3.05) is 6.16 Å². The third kappa shape index (κ3) is 6.00. The van der Waals surface area contributed by atoms with Crippen LogP contribution in [0.2, 0.25) is 0 Å². The molecule has 0 amide bonds. The lowest BCUT2D eigenvalue weighted by Crippen LogP contribution is -2.68. The molecule has 0 aliphatic heterocycles. The first-order valence-corrected chi connectivity index (χ1v) is 4.61. The van der Waals surface area contributed by atoms with Crippen LogP contribution >= 0.6 is 7.60 Å². The highest BCUT2D eigenvalue weighted by atomic mass is 31.2. The molecule has 0 heterocycles. The van der Waals surface area contributed by atoms with Crippen LogP contribution in [0.4, 0.5) is 0 Å². The minimum absolute atomic E-state index is 0.285. The molecule has 0 aliphatic rings. The topological polar surface area (TPSA) is 131 Å². The molecule has 66 valence electrons. The van der Waals surface area contributed by atoms with Crippen LogP contribution in [0.25, 0.3) is 0 Å². The van der Waals surface area contributed by atoms with Crippen LogP contribution in [-0.2, 0) is 9.36 Å². The second-order valence-electron chi connectivity index (χ2n) is 2.14. The molecule has 0 bridgehead atoms. The van der Waals surface area contributed by atoms with E-state index in [4.69, 9.17) is 0 Å². The van der Waals surface area contributed by atoms with Gasteiger partial charge in [-0.25, -0.2) is 0 Å². The molecule has 0 aromatic heterocycles. The zero-order chi connectivity index (χ0) is 9.07. The number of hydrogen-bond acceptors (Lipinski definition) is 5. The maximum atomic E-state index is 9.99. The van der Waals surface area contributed by atoms with Crippen molar-refractivity contribution in [2.45, 2.75) is 12.5 Å². The monoisotopic (exact) mass is 181 g/mol. The zero-order valence-corrected chi connectivity index (χ0v) is 6.58.